The Bertz CT molecular complexity index is 586. The van der Waals surface area contributed by atoms with E-state index in [2.05, 4.69) is 0 Å². The highest BCUT2D eigenvalue weighted by Gasteiger charge is 2.22. The van der Waals surface area contributed by atoms with Gasteiger partial charge < -0.3 is 15.7 Å². The standard InChI is InChI=1S/C14H17N3O4/c15-14(21)16-12(18)6-8-17-7-2-4-9-10(13(19)20)3-1-5-11(9)17/h1,3,5H,2,4,6-8H2,(H,19,20)(H3,15,16,18,21). The van der Waals surface area contributed by atoms with Crippen molar-refractivity contribution in [1.82, 2.24) is 5.32 Å². The first-order valence-electron chi connectivity index (χ1n) is 6.68. The van der Waals surface area contributed by atoms with Crippen molar-refractivity contribution in [1.29, 1.82) is 0 Å². The van der Waals surface area contributed by atoms with E-state index >= 15 is 0 Å². The molecule has 0 unspecified atom stereocenters. The Morgan fingerprint density at radius 3 is 2.76 bits per heavy atom. The zero-order valence-electron chi connectivity index (χ0n) is 11.5. The van der Waals surface area contributed by atoms with Crippen LogP contribution in [0, 0.1) is 0 Å². The summed E-state index contributed by atoms with van der Waals surface area (Å²) in [6.45, 7) is 1.16. The fraction of sp³-hybridized carbons (Fsp3) is 0.357. The number of carbonyl (C=O) groups is 3. The molecule has 2 rings (SSSR count). The monoisotopic (exact) mass is 291 g/mol. The molecule has 1 aliphatic heterocycles. The largest absolute Gasteiger partial charge is 0.478 e. The predicted molar refractivity (Wildman–Crippen MR) is 76.3 cm³/mol. The minimum Gasteiger partial charge on any atom is -0.478 e. The van der Waals surface area contributed by atoms with Crippen molar-refractivity contribution in [3.63, 3.8) is 0 Å². The Balaban J connectivity index is 2.12. The zero-order chi connectivity index (χ0) is 15.4. The molecule has 0 spiro atoms. The second-order valence-electron chi connectivity index (χ2n) is 4.86. The fourth-order valence-electron chi connectivity index (χ4n) is 2.57. The maximum Gasteiger partial charge on any atom is 0.336 e. The Kier molecular flexibility index (Phi) is 4.42. The summed E-state index contributed by atoms with van der Waals surface area (Å²) in [5.41, 5.74) is 6.83. The number of benzene rings is 1. The number of imide groups is 1. The molecule has 0 bridgehead atoms. The van der Waals surface area contributed by atoms with Crippen LogP contribution in [0.5, 0.6) is 0 Å². The number of aromatic carboxylic acids is 1. The van der Waals surface area contributed by atoms with Gasteiger partial charge in [0, 0.05) is 25.2 Å². The van der Waals surface area contributed by atoms with E-state index in [-0.39, 0.29) is 6.42 Å². The highest BCUT2D eigenvalue weighted by atomic mass is 16.4. The number of nitrogens with zero attached hydrogens (tertiary/aromatic N) is 1. The summed E-state index contributed by atoms with van der Waals surface area (Å²) < 4.78 is 0. The Morgan fingerprint density at radius 2 is 2.10 bits per heavy atom. The normalized spacial score (nSPS) is 13.4. The summed E-state index contributed by atoms with van der Waals surface area (Å²) in [5, 5.41) is 11.2. The number of urea groups is 1. The lowest BCUT2D eigenvalue weighted by Crippen LogP contribution is -2.38. The van der Waals surface area contributed by atoms with Crippen LogP contribution in [-0.2, 0) is 11.2 Å². The zero-order valence-corrected chi connectivity index (χ0v) is 11.5. The van der Waals surface area contributed by atoms with E-state index in [0.717, 1.165) is 24.2 Å². The summed E-state index contributed by atoms with van der Waals surface area (Å²) in [5.74, 6) is -1.39. The van der Waals surface area contributed by atoms with Gasteiger partial charge in [0.2, 0.25) is 5.91 Å². The van der Waals surface area contributed by atoms with E-state index in [9.17, 15) is 19.5 Å². The van der Waals surface area contributed by atoms with E-state index in [4.69, 9.17) is 5.73 Å². The van der Waals surface area contributed by atoms with E-state index in [1.54, 1.807) is 12.1 Å². The number of primary amides is 1. The van der Waals surface area contributed by atoms with E-state index < -0.39 is 17.9 Å². The van der Waals surface area contributed by atoms with Gasteiger partial charge in [-0.3, -0.25) is 10.1 Å². The summed E-state index contributed by atoms with van der Waals surface area (Å²) >= 11 is 0. The molecule has 4 N–H and O–H groups in total. The molecule has 7 heteroatoms. The van der Waals surface area contributed by atoms with Crippen LogP contribution in [0.3, 0.4) is 0 Å². The summed E-state index contributed by atoms with van der Waals surface area (Å²) in [7, 11) is 0. The number of carbonyl (C=O) groups excluding carboxylic acids is 2. The van der Waals surface area contributed by atoms with E-state index in [1.165, 1.54) is 0 Å². The Morgan fingerprint density at radius 1 is 1.33 bits per heavy atom. The lowest BCUT2D eigenvalue weighted by Gasteiger charge is -2.31. The van der Waals surface area contributed by atoms with Crippen molar-refractivity contribution in [2.45, 2.75) is 19.3 Å². The van der Waals surface area contributed by atoms with Crippen molar-refractivity contribution in [3.8, 4) is 0 Å². The molecule has 1 aromatic rings. The molecule has 0 fully saturated rings. The first-order valence-corrected chi connectivity index (χ1v) is 6.68. The maximum absolute atomic E-state index is 11.5. The number of hydrogen-bond donors (Lipinski definition) is 3. The molecule has 1 heterocycles. The number of carboxylic acid groups (broad SMARTS) is 1. The van der Waals surface area contributed by atoms with Gasteiger partial charge in [-0.2, -0.15) is 0 Å². The molecular weight excluding hydrogens is 274 g/mol. The molecule has 0 saturated carbocycles. The van der Waals surface area contributed by atoms with Gasteiger partial charge in [-0.05, 0) is 30.5 Å². The first-order chi connectivity index (χ1) is 9.99. The highest BCUT2D eigenvalue weighted by Crippen LogP contribution is 2.29. The van der Waals surface area contributed by atoms with Gasteiger partial charge in [0.05, 0.1) is 5.56 Å². The van der Waals surface area contributed by atoms with Crippen molar-refractivity contribution >= 4 is 23.6 Å². The number of anilines is 1. The fourth-order valence-corrected chi connectivity index (χ4v) is 2.57. The van der Waals surface area contributed by atoms with Gasteiger partial charge in [0.25, 0.3) is 0 Å². The molecule has 112 valence electrons. The number of nitrogens with two attached hydrogens (primary N) is 1. The van der Waals surface area contributed by atoms with E-state index in [1.807, 2.05) is 16.3 Å². The second-order valence-corrected chi connectivity index (χ2v) is 4.86. The average molecular weight is 291 g/mol. The minimum atomic E-state index is -0.944. The summed E-state index contributed by atoms with van der Waals surface area (Å²) in [4.78, 5) is 35.2. The van der Waals surface area contributed by atoms with Crippen LogP contribution in [0.25, 0.3) is 0 Å². The summed E-state index contributed by atoms with van der Waals surface area (Å²) in [6, 6.07) is 4.27. The van der Waals surface area contributed by atoms with Crippen LogP contribution in [-0.4, -0.2) is 36.1 Å². The predicted octanol–water partition coefficient (Wildman–Crippen LogP) is 0.722. The third kappa shape index (κ3) is 3.50. The van der Waals surface area contributed by atoms with Crippen LogP contribution in [0.1, 0.15) is 28.8 Å². The number of nitrogens with one attached hydrogen (secondary N) is 1. The quantitative estimate of drug-likeness (QED) is 0.756. The van der Waals surface area contributed by atoms with Gasteiger partial charge in [0.1, 0.15) is 0 Å². The van der Waals surface area contributed by atoms with Crippen molar-refractivity contribution in [2.24, 2.45) is 5.73 Å². The van der Waals surface area contributed by atoms with Crippen LogP contribution >= 0.6 is 0 Å². The molecule has 0 radical (unpaired) electrons. The van der Waals surface area contributed by atoms with Crippen molar-refractivity contribution < 1.29 is 19.5 Å². The number of fused-ring (bicyclic) bond motifs is 1. The number of hydrogen-bond acceptors (Lipinski definition) is 4. The molecule has 3 amide bonds. The average Bonchev–Trinajstić information content (AvgIpc) is 2.43. The molecule has 21 heavy (non-hydrogen) atoms. The molecule has 0 atom stereocenters. The van der Waals surface area contributed by atoms with Gasteiger partial charge in [0.15, 0.2) is 0 Å². The Hall–Kier alpha value is -2.57. The maximum atomic E-state index is 11.5. The number of rotatable bonds is 4. The number of carboxylic acids is 1. The third-order valence-corrected chi connectivity index (χ3v) is 3.45. The molecule has 0 aromatic heterocycles. The van der Waals surface area contributed by atoms with Crippen LogP contribution in [0.15, 0.2) is 18.2 Å². The van der Waals surface area contributed by atoms with E-state index in [0.29, 0.717) is 18.5 Å². The molecule has 7 nitrogen and oxygen atoms in total. The van der Waals surface area contributed by atoms with Crippen molar-refractivity contribution in [2.75, 3.05) is 18.0 Å². The lowest BCUT2D eigenvalue weighted by molar-refractivity contribution is -0.119. The van der Waals surface area contributed by atoms with Gasteiger partial charge in [-0.25, -0.2) is 9.59 Å². The summed E-state index contributed by atoms with van der Waals surface area (Å²) in [6.07, 6.45) is 1.66. The smallest absolute Gasteiger partial charge is 0.336 e. The van der Waals surface area contributed by atoms with Crippen LogP contribution in [0.2, 0.25) is 0 Å². The van der Waals surface area contributed by atoms with Gasteiger partial charge in [-0.1, -0.05) is 6.07 Å². The molecular formula is C14H17N3O4. The van der Waals surface area contributed by atoms with Gasteiger partial charge >= 0.3 is 12.0 Å². The van der Waals surface area contributed by atoms with Crippen molar-refractivity contribution in [3.05, 3.63) is 29.3 Å². The highest BCUT2D eigenvalue weighted by molar-refractivity contribution is 5.94. The van der Waals surface area contributed by atoms with Gasteiger partial charge in [-0.15, -0.1) is 0 Å². The van der Waals surface area contributed by atoms with Crippen LogP contribution < -0.4 is 16.0 Å². The second kappa shape index (κ2) is 6.25. The molecule has 1 aliphatic rings. The topological polar surface area (TPSA) is 113 Å². The first kappa shape index (κ1) is 14.8. The molecule has 0 aliphatic carbocycles. The van der Waals surface area contributed by atoms with Crippen LogP contribution in [0.4, 0.5) is 10.5 Å². The third-order valence-electron chi connectivity index (χ3n) is 3.45. The number of amides is 3. The molecule has 1 aromatic carbocycles. The molecule has 0 saturated heterocycles. The Labute approximate surface area is 121 Å². The minimum absolute atomic E-state index is 0.125. The SMILES string of the molecule is NC(=O)NC(=O)CCN1CCCc2c(C(=O)O)cccc21. The lowest BCUT2D eigenvalue weighted by atomic mass is 9.96.